The summed E-state index contributed by atoms with van der Waals surface area (Å²) in [5.41, 5.74) is 1.01. The third-order valence-electron chi connectivity index (χ3n) is 2.63. The van der Waals surface area contributed by atoms with Crippen molar-refractivity contribution in [3.05, 3.63) is 35.6 Å². The van der Waals surface area contributed by atoms with E-state index in [0.29, 0.717) is 0 Å². The highest BCUT2D eigenvalue weighted by atomic mass is 19.1. The Balaban J connectivity index is 2.69. The van der Waals surface area contributed by atoms with E-state index in [1.54, 1.807) is 12.1 Å². The second-order valence-electron chi connectivity index (χ2n) is 4.03. The van der Waals surface area contributed by atoms with Gasteiger partial charge in [-0.15, -0.1) is 11.8 Å². The van der Waals surface area contributed by atoms with E-state index < -0.39 is 0 Å². The van der Waals surface area contributed by atoms with Gasteiger partial charge < -0.3 is 5.32 Å². The van der Waals surface area contributed by atoms with Gasteiger partial charge in [0.05, 0.1) is 0 Å². The molecule has 1 atom stereocenters. The van der Waals surface area contributed by atoms with Gasteiger partial charge in [-0.3, -0.25) is 0 Å². The summed E-state index contributed by atoms with van der Waals surface area (Å²) in [6, 6.07) is 7.01. The van der Waals surface area contributed by atoms with E-state index in [2.05, 4.69) is 24.1 Å². The lowest BCUT2D eigenvalue weighted by molar-refractivity contribution is 0.501. The predicted molar refractivity (Wildman–Crippen MR) is 70.1 cm³/mol. The van der Waals surface area contributed by atoms with E-state index in [1.807, 2.05) is 13.0 Å². The third kappa shape index (κ3) is 5.01. The maximum atomic E-state index is 13.2. The van der Waals surface area contributed by atoms with Crippen LogP contribution in [0, 0.1) is 17.7 Å². The highest BCUT2D eigenvalue weighted by Crippen LogP contribution is 2.19. The number of hydrogen-bond donors (Lipinski definition) is 1. The first-order valence-corrected chi connectivity index (χ1v) is 6.16. The SMILES string of the molecule is CC#CCCC(NCCC)c1cccc(F)c1. The van der Waals surface area contributed by atoms with Gasteiger partial charge in [0.25, 0.3) is 0 Å². The molecule has 2 heteroatoms. The number of nitrogens with one attached hydrogen (secondary N) is 1. The van der Waals surface area contributed by atoms with Crippen LogP contribution in [0.1, 0.15) is 44.7 Å². The van der Waals surface area contributed by atoms with Crippen LogP contribution in [0.5, 0.6) is 0 Å². The highest BCUT2D eigenvalue weighted by molar-refractivity contribution is 5.20. The van der Waals surface area contributed by atoms with Crippen LogP contribution in [-0.2, 0) is 0 Å². The summed E-state index contributed by atoms with van der Waals surface area (Å²) in [5.74, 6) is 5.77. The van der Waals surface area contributed by atoms with Gasteiger partial charge in [0.2, 0.25) is 0 Å². The lowest BCUT2D eigenvalue weighted by Crippen LogP contribution is -2.22. The molecule has 0 aliphatic heterocycles. The molecule has 0 aliphatic carbocycles. The number of benzene rings is 1. The van der Waals surface area contributed by atoms with Gasteiger partial charge in [-0.1, -0.05) is 19.1 Å². The van der Waals surface area contributed by atoms with Crippen LogP contribution in [-0.4, -0.2) is 6.54 Å². The Morgan fingerprint density at radius 3 is 2.88 bits per heavy atom. The van der Waals surface area contributed by atoms with E-state index in [1.165, 1.54) is 6.07 Å². The van der Waals surface area contributed by atoms with E-state index >= 15 is 0 Å². The predicted octanol–water partition coefficient (Wildman–Crippen LogP) is 3.67. The van der Waals surface area contributed by atoms with Crippen LogP contribution < -0.4 is 5.32 Å². The van der Waals surface area contributed by atoms with Gasteiger partial charge in [-0.2, -0.15) is 0 Å². The topological polar surface area (TPSA) is 12.0 Å². The molecule has 1 N–H and O–H groups in total. The average molecular weight is 233 g/mol. The molecule has 1 aromatic rings. The van der Waals surface area contributed by atoms with Gasteiger partial charge in [-0.05, 0) is 44.0 Å². The molecule has 0 heterocycles. The standard InChI is InChI=1S/C15H20FN/c1-3-5-6-10-15(17-11-4-2)13-8-7-9-14(16)12-13/h7-9,12,15,17H,4,6,10-11H2,1-2H3. The molecule has 0 fully saturated rings. The monoisotopic (exact) mass is 233 g/mol. The largest absolute Gasteiger partial charge is 0.310 e. The van der Waals surface area contributed by atoms with Crippen LogP contribution in [0.4, 0.5) is 4.39 Å². The fraction of sp³-hybridized carbons (Fsp3) is 0.467. The lowest BCUT2D eigenvalue weighted by Gasteiger charge is -2.18. The Hall–Kier alpha value is -1.33. The summed E-state index contributed by atoms with van der Waals surface area (Å²) in [4.78, 5) is 0. The molecular weight excluding hydrogens is 213 g/mol. The minimum absolute atomic E-state index is 0.174. The molecule has 0 saturated heterocycles. The molecule has 0 aliphatic rings. The van der Waals surface area contributed by atoms with Crippen LogP contribution >= 0.6 is 0 Å². The zero-order chi connectivity index (χ0) is 12.5. The van der Waals surface area contributed by atoms with E-state index in [9.17, 15) is 4.39 Å². The average Bonchev–Trinajstić information content (AvgIpc) is 2.33. The molecule has 1 unspecified atom stereocenters. The van der Waals surface area contributed by atoms with Crippen LogP contribution in [0.2, 0.25) is 0 Å². The zero-order valence-corrected chi connectivity index (χ0v) is 10.6. The van der Waals surface area contributed by atoms with Crippen molar-refractivity contribution in [1.29, 1.82) is 0 Å². The Kier molecular flexibility index (Phi) is 6.35. The van der Waals surface area contributed by atoms with E-state index in [0.717, 1.165) is 31.4 Å². The van der Waals surface area contributed by atoms with E-state index in [-0.39, 0.29) is 11.9 Å². The molecule has 0 spiro atoms. The molecule has 0 aromatic heterocycles. The molecule has 1 aromatic carbocycles. The van der Waals surface area contributed by atoms with Crippen LogP contribution in [0.15, 0.2) is 24.3 Å². The fourth-order valence-corrected chi connectivity index (χ4v) is 1.77. The van der Waals surface area contributed by atoms with Crippen molar-refractivity contribution in [3.63, 3.8) is 0 Å². The highest BCUT2D eigenvalue weighted by Gasteiger charge is 2.10. The minimum atomic E-state index is -0.174. The summed E-state index contributed by atoms with van der Waals surface area (Å²) in [6.07, 6.45) is 2.84. The maximum absolute atomic E-state index is 13.2. The summed E-state index contributed by atoms with van der Waals surface area (Å²) >= 11 is 0. The van der Waals surface area contributed by atoms with Crippen molar-refractivity contribution in [2.45, 2.75) is 39.2 Å². The molecule has 17 heavy (non-hydrogen) atoms. The first-order valence-electron chi connectivity index (χ1n) is 6.16. The second kappa shape index (κ2) is 7.86. The first kappa shape index (κ1) is 13.7. The molecule has 92 valence electrons. The molecule has 1 nitrogen and oxygen atoms in total. The maximum Gasteiger partial charge on any atom is 0.123 e. The van der Waals surface area contributed by atoms with Crippen molar-refractivity contribution in [1.82, 2.24) is 5.32 Å². The van der Waals surface area contributed by atoms with Gasteiger partial charge >= 0.3 is 0 Å². The first-order chi connectivity index (χ1) is 8.27. The Labute approximate surface area is 103 Å². The Morgan fingerprint density at radius 1 is 1.41 bits per heavy atom. The van der Waals surface area contributed by atoms with Crippen molar-refractivity contribution < 1.29 is 4.39 Å². The van der Waals surface area contributed by atoms with E-state index in [4.69, 9.17) is 0 Å². The summed E-state index contributed by atoms with van der Waals surface area (Å²) < 4.78 is 13.2. The van der Waals surface area contributed by atoms with Gasteiger partial charge in [-0.25, -0.2) is 4.39 Å². The second-order valence-corrected chi connectivity index (χ2v) is 4.03. The molecule has 0 amide bonds. The van der Waals surface area contributed by atoms with Crippen molar-refractivity contribution in [2.24, 2.45) is 0 Å². The quantitative estimate of drug-likeness (QED) is 0.739. The van der Waals surface area contributed by atoms with Crippen molar-refractivity contribution >= 4 is 0 Å². The molecule has 0 bridgehead atoms. The third-order valence-corrected chi connectivity index (χ3v) is 2.63. The molecule has 0 radical (unpaired) electrons. The number of hydrogen-bond acceptors (Lipinski definition) is 1. The smallest absolute Gasteiger partial charge is 0.123 e. The normalized spacial score (nSPS) is 11.7. The summed E-state index contributed by atoms with van der Waals surface area (Å²) in [5, 5.41) is 3.44. The van der Waals surface area contributed by atoms with Crippen molar-refractivity contribution in [3.8, 4) is 11.8 Å². The number of halogens is 1. The Morgan fingerprint density at radius 2 is 2.24 bits per heavy atom. The summed E-state index contributed by atoms with van der Waals surface area (Å²) in [6.45, 7) is 4.92. The Bertz CT molecular complexity index is 389. The van der Waals surface area contributed by atoms with Crippen molar-refractivity contribution in [2.75, 3.05) is 6.54 Å². The van der Waals surface area contributed by atoms with Gasteiger partial charge in [0.15, 0.2) is 0 Å². The van der Waals surface area contributed by atoms with Crippen LogP contribution in [0.25, 0.3) is 0 Å². The summed E-state index contributed by atoms with van der Waals surface area (Å²) in [7, 11) is 0. The fourth-order valence-electron chi connectivity index (χ4n) is 1.77. The zero-order valence-electron chi connectivity index (χ0n) is 10.6. The van der Waals surface area contributed by atoms with Gasteiger partial charge in [0.1, 0.15) is 5.82 Å². The molecular formula is C15H20FN. The lowest BCUT2D eigenvalue weighted by atomic mass is 10.0. The van der Waals surface area contributed by atoms with Gasteiger partial charge in [0, 0.05) is 12.5 Å². The molecule has 1 rings (SSSR count). The van der Waals surface area contributed by atoms with Crippen LogP contribution in [0.3, 0.4) is 0 Å². The number of rotatable bonds is 6. The molecule has 0 saturated carbocycles. The minimum Gasteiger partial charge on any atom is -0.310 e.